The van der Waals surface area contributed by atoms with Gasteiger partial charge in [-0.3, -0.25) is 15.0 Å². The minimum absolute atomic E-state index is 0. The van der Waals surface area contributed by atoms with Gasteiger partial charge in [0.2, 0.25) is 0 Å². The zero-order valence-electron chi connectivity index (χ0n) is 26.7. The molecule has 3 rings (SSSR count). The van der Waals surface area contributed by atoms with Crippen LogP contribution in [0.25, 0.3) is 0 Å². The van der Waals surface area contributed by atoms with Crippen LogP contribution in [0.4, 0.5) is 26.3 Å². The van der Waals surface area contributed by atoms with E-state index in [-0.39, 0.29) is 61.7 Å². The average molecular weight is 863 g/mol. The Hall–Kier alpha value is 0.395. The maximum Gasteiger partial charge on any atom is 1.00 e. The predicted molar refractivity (Wildman–Crippen MR) is 189 cm³/mol. The molecule has 0 fully saturated rings. The molecule has 1 N–H and O–H groups in total. The predicted octanol–water partition coefficient (Wildman–Crippen LogP) is 7.68. The minimum atomic E-state index is -2.84. The first kappa shape index (κ1) is 56.8. The van der Waals surface area contributed by atoms with Crippen LogP contribution in [0.15, 0.2) is 61.1 Å². The van der Waals surface area contributed by atoms with E-state index in [1.54, 1.807) is 49.2 Å². The van der Waals surface area contributed by atoms with Crippen LogP contribution in [0.2, 0.25) is 0 Å². The molecule has 261 valence electrons. The van der Waals surface area contributed by atoms with E-state index in [1.807, 2.05) is 6.26 Å². The fourth-order valence-electron chi connectivity index (χ4n) is 2.32. The molecule has 0 saturated heterocycles. The van der Waals surface area contributed by atoms with Crippen molar-refractivity contribution >= 4 is 95.1 Å². The third kappa shape index (κ3) is 34.6. The molecule has 0 atom stereocenters. The van der Waals surface area contributed by atoms with Gasteiger partial charge in [0, 0.05) is 65.5 Å². The van der Waals surface area contributed by atoms with E-state index in [0.29, 0.717) is 5.33 Å². The number of rotatable bonds is 6. The van der Waals surface area contributed by atoms with E-state index in [1.165, 1.54) is 36.8 Å². The Kier molecular flexibility index (Phi) is 36.3. The van der Waals surface area contributed by atoms with Crippen LogP contribution in [-0.2, 0) is 41.5 Å². The molecule has 0 saturated carbocycles. The summed E-state index contributed by atoms with van der Waals surface area (Å²) in [6.07, 6.45) is 7.85. The number of aliphatic hydroxyl groups is 1. The molecule has 3 aromatic rings. The van der Waals surface area contributed by atoms with Crippen LogP contribution in [-0.4, -0.2) is 50.8 Å². The molecule has 0 aliphatic rings. The van der Waals surface area contributed by atoms with Gasteiger partial charge in [-0.05, 0) is 48.6 Å². The Bertz CT molecular complexity index is 1130. The van der Waals surface area contributed by atoms with Crippen molar-refractivity contribution in [3.63, 3.8) is 0 Å². The molecule has 3 aromatic heterocycles. The molecule has 47 heavy (non-hydrogen) atoms. The molecule has 19 heteroatoms. The van der Waals surface area contributed by atoms with Crippen molar-refractivity contribution in [2.45, 2.75) is 59.8 Å². The summed E-state index contributed by atoms with van der Waals surface area (Å²) in [5.41, 5.74) is 1.32. The Morgan fingerprint density at radius 1 is 0.745 bits per heavy atom. The number of halogens is 11. The Morgan fingerprint density at radius 2 is 1.09 bits per heavy atom. The van der Waals surface area contributed by atoms with Gasteiger partial charge < -0.3 is 17.7 Å². The van der Waals surface area contributed by atoms with E-state index in [9.17, 15) is 26.3 Å². The van der Waals surface area contributed by atoms with Gasteiger partial charge in [-0.2, -0.15) is 44.4 Å². The summed E-state index contributed by atoms with van der Waals surface area (Å²) >= 11 is 28.2. The van der Waals surface area contributed by atoms with E-state index >= 15 is 0 Å². The number of aliphatic hydroxyl groups excluding tert-OH is 1. The summed E-state index contributed by atoms with van der Waals surface area (Å²) < 4.78 is 73.8. The summed E-state index contributed by atoms with van der Waals surface area (Å²) in [4.78, 5) is 10.8. The number of aromatic nitrogens is 3. The van der Waals surface area contributed by atoms with Gasteiger partial charge in [-0.25, -0.2) is 0 Å². The van der Waals surface area contributed by atoms with Crippen LogP contribution in [0.1, 0.15) is 55.9 Å². The first-order valence-corrected chi connectivity index (χ1v) is 17.2. The second-order valence-electron chi connectivity index (χ2n) is 8.29. The van der Waals surface area contributed by atoms with Crippen LogP contribution in [0, 0.1) is 0 Å². The standard InChI is InChI=1S/C9H11F2NS.C8H8BrF2N.C7H7F2N.C2H6O.CCl4.CH4S.B.Na/c1-9(10,11)8-4-3-7(5-12-8)6-13-2;1-8(10,11)7-3-2-6(4-9)5-12-7;1-7(8,9)6-4-2-3-5-10-6;1-2-3;2-1(3,4)5;1-2;;/h3-5H,6H2,1-2H3;2-3,5H,4H2,1H3;2-5H,1H3;3H,2H2,1H3;;2H,1H3;;/q;;;;;;;+1/p-1. The van der Waals surface area contributed by atoms with Crippen molar-refractivity contribution in [3.8, 4) is 0 Å². The van der Waals surface area contributed by atoms with Crippen molar-refractivity contribution in [1.29, 1.82) is 0 Å². The summed E-state index contributed by atoms with van der Waals surface area (Å²) in [6, 6.07) is 10.5. The van der Waals surface area contributed by atoms with Crippen LogP contribution in [0.5, 0.6) is 0 Å². The Labute approximate surface area is 336 Å². The normalized spacial score (nSPS) is 10.4. The number of pyridine rings is 3. The third-order valence-corrected chi connectivity index (χ3v) is 5.40. The van der Waals surface area contributed by atoms with Gasteiger partial charge in [0.25, 0.3) is 21.0 Å². The molecule has 0 bridgehead atoms. The zero-order valence-corrected chi connectivity index (χ0v) is 35.0. The van der Waals surface area contributed by atoms with Crippen LogP contribution < -0.4 is 29.6 Å². The van der Waals surface area contributed by atoms with Crippen molar-refractivity contribution in [2.75, 3.05) is 19.1 Å². The quantitative estimate of drug-likeness (QED) is 0.119. The molecule has 0 aromatic carbocycles. The maximum absolute atomic E-state index is 12.7. The maximum atomic E-state index is 12.7. The molecular weight excluding hydrogens is 828 g/mol. The number of alkyl halides is 11. The minimum Gasteiger partial charge on any atom is -0.796 e. The van der Waals surface area contributed by atoms with Gasteiger partial charge in [-0.15, -0.1) is 0 Å². The van der Waals surface area contributed by atoms with E-state index in [2.05, 4.69) is 43.5 Å². The van der Waals surface area contributed by atoms with E-state index in [0.717, 1.165) is 37.7 Å². The summed E-state index contributed by atoms with van der Waals surface area (Å²) in [6.45, 7) is 4.45. The van der Waals surface area contributed by atoms with Gasteiger partial charge >= 0.3 is 29.6 Å². The molecule has 3 heterocycles. The summed E-state index contributed by atoms with van der Waals surface area (Å²) in [5.74, 6) is -7.69. The van der Waals surface area contributed by atoms with Crippen LogP contribution in [0.3, 0.4) is 0 Å². The Balaban J connectivity index is -0.000000162. The molecule has 0 aliphatic carbocycles. The zero-order chi connectivity index (χ0) is 35.9. The number of thioether (sulfide) groups is 1. The van der Waals surface area contributed by atoms with Crippen molar-refractivity contribution < 1.29 is 61.0 Å². The number of hydrogen-bond donors (Lipinski definition) is 1. The Morgan fingerprint density at radius 3 is 1.30 bits per heavy atom. The topological polar surface area (TPSA) is 58.9 Å². The van der Waals surface area contributed by atoms with Gasteiger partial charge in [0.1, 0.15) is 17.1 Å². The fourth-order valence-corrected chi connectivity index (χ4v) is 3.16. The average Bonchev–Trinajstić information content (AvgIpc) is 2.94. The molecule has 0 aliphatic heterocycles. The van der Waals surface area contributed by atoms with Gasteiger partial charge in [0.05, 0.1) is 0 Å². The van der Waals surface area contributed by atoms with E-state index in [4.69, 9.17) is 51.5 Å². The largest absolute Gasteiger partial charge is 1.00 e. The number of nitrogens with zero attached hydrogens (tertiary/aromatic N) is 3. The number of hydrogen-bond acceptors (Lipinski definition) is 6. The van der Waals surface area contributed by atoms with Crippen molar-refractivity contribution in [3.05, 3.63) is 89.3 Å². The molecule has 0 spiro atoms. The fraction of sp³-hybridized carbons (Fsp3) is 0.464. The summed E-state index contributed by atoms with van der Waals surface area (Å²) in [5, 5.41) is 8.20. The first-order chi connectivity index (χ1) is 20.6. The van der Waals surface area contributed by atoms with Crippen molar-refractivity contribution in [1.82, 2.24) is 15.0 Å². The molecular formula is C28H35BBrCl4F6N3NaOS2. The SMILES string of the molecule is CC(F)(F)c1ccc(CBr)cn1.CC(F)(F)c1ccccn1.CCO.CSCc1ccc(C(C)(F)F)nc1.C[S-].ClC(Cl)(Cl)Cl.[B].[Na+]. The van der Waals surface area contributed by atoms with Gasteiger partial charge in [-0.1, -0.05) is 80.5 Å². The summed E-state index contributed by atoms with van der Waals surface area (Å²) in [7, 11) is 0. The second kappa shape index (κ2) is 30.1. The first-order valence-electron chi connectivity index (χ1n) is 12.4. The van der Waals surface area contributed by atoms with Gasteiger partial charge in [0.15, 0.2) is 0 Å². The second-order valence-corrected chi connectivity index (χ2v) is 13.2. The third-order valence-electron chi connectivity index (χ3n) is 4.13. The molecule has 0 unspecified atom stereocenters. The van der Waals surface area contributed by atoms with E-state index < -0.39 is 21.0 Å². The monoisotopic (exact) mass is 860 g/mol. The molecule has 3 radical (unpaired) electrons. The van der Waals surface area contributed by atoms with Crippen LogP contribution >= 0.6 is 74.1 Å². The molecule has 4 nitrogen and oxygen atoms in total. The molecule has 0 amide bonds. The smallest absolute Gasteiger partial charge is 0.796 e. The van der Waals surface area contributed by atoms with Crippen molar-refractivity contribution in [2.24, 2.45) is 0 Å².